The first-order valence-corrected chi connectivity index (χ1v) is 7.67. The average Bonchev–Trinajstić information content (AvgIpc) is 2.47. The molecule has 0 spiro atoms. The fraction of sp³-hybridized carbons (Fsp3) is 0. The number of halogens is 1. The summed E-state index contributed by atoms with van der Waals surface area (Å²) in [6.45, 7) is 0. The Balaban J connectivity index is 2.08. The van der Waals surface area contributed by atoms with E-state index < -0.39 is 20.7 Å². The van der Waals surface area contributed by atoms with Gasteiger partial charge in [-0.2, -0.15) is 0 Å². The van der Waals surface area contributed by atoms with Gasteiger partial charge in [0, 0.05) is 11.6 Å². The number of hydrogen-bond donors (Lipinski definition) is 1. The second-order valence-electron chi connectivity index (χ2n) is 4.42. The van der Waals surface area contributed by atoms with Gasteiger partial charge >= 0.3 is 0 Å². The fourth-order valence-corrected chi connectivity index (χ4v) is 3.20. The van der Waals surface area contributed by atoms with Crippen molar-refractivity contribution in [2.75, 3.05) is 4.72 Å². The molecule has 1 N–H and O–H groups in total. The van der Waals surface area contributed by atoms with Crippen LogP contribution in [0.5, 0.6) is 0 Å². The lowest BCUT2D eigenvalue weighted by molar-refractivity contribution is 0.570. The number of aromatic nitrogens is 1. The SMILES string of the molecule is O=S(=O)(Nc1cccc2cccnc12)c1ccccc1F. The summed E-state index contributed by atoms with van der Waals surface area (Å²) in [7, 11) is -4.00. The van der Waals surface area contributed by atoms with Crippen molar-refractivity contribution in [3.63, 3.8) is 0 Å². The molecule has 1 heterocycles. The van der Waals surface area contributed by atoms with Gasteiger partial charge in [-0.3, -0.25) is 9.71 Å². The van der Waals surface area contributed by atoms with Crippen LogP contribution in [0.15, 0.2) is 65.7 Å². The van der Waals surface area contributed by atoms with Gasteiger partial charge in [-0.15, -0.1) is 0 Å². The van der Waals surface area contributed by atoms with Crippen molar-refractivity contribution in [3.8, 4) is 0 Å². The molecule has 4 nitrogen and oxygen atoms in total. The Labute approximate surface area is 121 Å². The number of para-hydroxylation sites is 1. The largest absolute Gasteiger partial charge is 0.277 e. The van der Waals surface area contributed by atoms with Gasteiger partial charge in [-0.05, 0) is 24.3 Å². The normalized spacial score (nSPS) is 11.5. The highest BCUT2D eigenvalue weighted by Gasteiger charge is 2.19. The number of fused-ring (bicyclic) bond motifs is 1. The van der Waals surface area contributed by atoms with Crippen LogP contribution in [-0.4, -0.2) is 13.4 Å². The number of pyridine rings is 1. The van der Waals surface area contributed by atoms with Gasteiger partial charge in [0.2, 0.25) is 0 Å². The van der Waals surface area contributed by atoms with Crippen molar-refractivity contribution in [3.05, 3.63) is 66.6 Å². The number of sulfonamides is 1. The molecule has 0 unspecified atom stereocenters. The van der Waals surface area contributed by atoms with Crippen molar-refractivity contribution < 1.29 is 12.8 Å². The van der Waals surface area contributed by atoms with Crippen molar-refractivity contribution in [1.29, 1.82) is 0 Å². The molecule has 0 atom stereocenters. The van der Waals surface area contributed by atoms with Gasteiger partial charge in [0.05, 0.1) is 11.2 Å². The summed E-state index contributed by atoms with van der Waals surface area (Å²) in [5.41, 5.74) is 0.830. The first-order chi connectivity index (χ1) is 10.1. The van der Waals surface area contributed by atoms with E-state index in [2.05, 4.69) is 9.71 Å². The monoisotopic (exact) mass is 302 g/mol. The van der Waals surface area contributed by atoms with E-state index in [9.17, 15) is 12.8 Å². The molecule has 0 amide bonds. The Kier molecular flexibility index (Phi) is 3.31. The summed E-state index contributed by atoms with van der Waals surface area (Å²) in [6, 6.07) is 13.9. The van der Waals surface area contributed by atoms with Crippen LogP contribution < -0.4 is 4.72 Å². The van der Waals surface area contributed by atoms with Crippen molar-refractivity contribution in [2.24, 2.45) is 0 Å². The van der Waals surface area contributed by atoms with Crippen LogP contribution in [0.3, 0.4) is 0 Å². The number of rotatable bonds is 3. The first kappa shape index (κ1) is 13.5. The molecule has 3 aromatic rings. The molecule has 106 valence electrons. The van der Waals surface area contributed by atoms with E-state index >= 15 is 0 Å². The molecule has 0 fully saturated rings. The number of benzene rings is 2. The molecule has 0 aliphatic rings. The minimum Gasteiger partial charge on any atom is -0.277 e. The average molecular weight is 302 g/mol. The van der Waals surface area contributed by atoms with Gasteiger partial charge in [-0.25, -0.2) is 12.8 Å². The number of nitrogens with zero attached hydrogens (tertiary/aromatic N) is 1. The Hall–Kier alpha value is -2.47. The smallest absolute Gasteiger partial charge is 0.264 e. The van der Waals surface area contributed by atoms with Crippen molar-refractivity contribution in [1.82, 2.24) is 4.98 Å². The van der Waals surface area contributed by atoms with Crippen LogP contribution in [0.4, 0.5) is 10.1 Å². The number of hydrogen-bond acceptors (Lipinski definition) is 3. The fourth-order valence-electron chi connectivity index (χ4n) is 2.05. The maximum Gasteiger partial charge on any atom is 0.264 e. The molecule has 1 aromatic heterocycles. The lowest BCUT2D eigenvalue weighted by atomic mass is 10.2. The van der Waals surface area contributed by atoms with E-state index in [-0.39, 0.29) is 0 Å². The van der Waals surface area contributed by atoms with Gasteiger partial charge in [0.15, 0.2) is 0 Å². The van der Waals surface area contributed by atoms with E-state index in [1.807, 2.05) is 12.1 Å². The lowest BCUT2D eigenvalue weighted by Crippen LogP contribution is -2.14. The molecule has 21 heavy (non-hydrogen) atoms. The van der Waals surface area contributed by atoms with Crippen LogP contribution in [0.25, 0.3) is 10.9 Å². The van der Waals surface area contributed by atoms with Crippen LogP contribution in [0.2, 0.25) is 0 Å². The van der Waals surface area contributed by atoms with Crippen molar-refractivity contribution in [2.45, 2.75) is 4.90 Å². The molecular formula is C15H11FN2O2S. The zero-order valence-electron chi connectivity index (χ0n) is 10.8. The molecule has 0 aliphatic heterocycles. The van der Waals surface area contributed by atoms with E-state index in [0.717, 1.165) is 11.5 Å². The van der Waals surface area contributed by atoms with Gasteiger partial charge in [-0.1, -0.05) is 30.3 Å². The zero-order chi connectivity index (χ0) is 14.9. The maximum atomic E-state index is 13.7. The van der Waals surface area contributed by atoms with Crippen LogP contribution in [0, 0.1) is 5.82 Å². The summed E-state index contributed by atoms with van der Waals surface area (Å²) in [5.74, 6) is -0.793. The quantitative estimate of drug-likeness (QED) is 0.808. The standard InChI is InChI=1S/C15H11FN2O2S/c16-12-7-1-2-9-14(12)21(19,20)18-13-8-3-5-11-6-4-10-17-15(11)13/h1-10,18H. The van der Waals surface area contributed by atoms with Crippen LogP contribution in [-0.2, 0) is 10.0 Å². The molecule has 0 aliphatic carbocycles. The number of nitrogens with one attached hydrogen (secondary N) is 1. The molecule has 2 aromatic carbocycles. The Bertz CT molecular complexity index is 905. The van der Waals surface area contributed by atoms with E-state index in [4.69, 9.17) is 0 Å². The van der Waals surface area contributed by atoms with Gasteiger partial charge in [0.25, 0.3) is 10.0 Å². The minimum atomic E-state index is -4.00. The van der Waals surface area contributed by atoms with E-state index in [1.54, 1.807) is 24.4 Å². The summed E-state index contributed by atoms with van der Waals surface area (Å²) < 4.78 is 40.6. The summed E-state index contributed by atoms with van der Waals surface area (Å²) >= 11 is 0. The third-order valence-electron chi connectivity index (χ3n) is 3.00. The molecule has 0 radical (unpaired) electrons. The Morgan fingerprint density at radius 1 is 0.952 bits per heavy atom. The second kappa shape index (κ2) is 5.14. The molecule has 0 saturated heterocycles. The predicted molar refractivity (Wildman–Crippen MR) is 79.0 cm³/mol. The number of anilines is 1. The predicted octanol–water partition coefficient (Wildman–Crippen LogP) is 3.17. The Morgan fingerprint density at radius 2 is 1.71 bits per heavy atom. The van der Waals surface area contributed by atoms with Crippen molar-refractivity contribution >= 4 is 26.6 Å². The lowest BCUT2D eigenvalue weighted by Gasteiger charge is -2.10. The molecule has 3 rings (SSSR count). The second-order valence-corrected chi connectivity index (χ2v) is 6.07. The van der Waals surface area contributed by atoms with Gasteiger partial charge in [0.1, 0.15) is 10.7 Å². The highest BCUT2D eigenvalue weighted by molar-refractivity contribution is 7.92. The third-order valence-corrected chi connectivity index (χ3v) is 4.40. The topological polar surface area (TPSA) is 59.1 Å². The molecule has 0 saturated carbocycles. The van der Waals surface area contributed by atoms with Gasteiger partial charge < -0.3 is 0 Å². The third kappa shape index (κ3) is 2.57. The van der Waals surface area contributed by atoms with Crippen LogP contribution >= 0.6 is 0 Å². The van der Waals surface area contributed by atoms with E-state index in [1.165, 1.54) is 18.2 Å². The summed E-state index contributed by atoms with van der Waals surface area (Å²) in [4.78, 5) is 3.77. The molecule has 0 bridgehead atoms. The summed E-state index contributed by atoms with van der Waals surface area (Å²) in [5, 5.41) is 0.797. The first-order valence-electron chi connectivity index (χ1n) is 6.19. The molecular weight excluding hydrogens is 291 g/mol. The zero-order valence-corrected chi connectivity index (χ0v) is 11.6. The van der Waals surface area contributed by atoms with Crippen LogP contribution in [0.1, 0.15) is 0 Å². The highest BCUT2D eigenvalue weighted by Crippen LogP contribution is 2.24. The highest BCUT2D eigenvalue weighted by atomic mass is 32.2. The Morgan fingerprint density at radius 3 is 2.52 bits per heavy atom. The molecule has 6 heteroatoms. The van der Waals surface area contributed by atoms with E-state index in [0.29, 0.717) is 11.2 Å². The maximum absolute atomic E-state index is 13.7. The summed E-state index contributed by atoms with van der Waals surface area (Å²) in [6.07, 6.45) is 1.57. The minimum absolute atomic E-state index is 0.316.